The van der Waals surface area contributed by atoms with Crippen molar-refractivity contribution in [2.75, 3.05) is 38.2 Å². The van der Waals surface area contributed by atoms with Crippen molar-refractivity contribution in [3.05, 3.63) is 29.8 Å². The number of nitrogens with one attached hydrogen (secondary N) is 1. The van der Waals surface area contributed by atoms with E-state index >= 15 is 0 Å². The molecule has 22 heavy (non-hydrogen) atoms. The summed E-state index contributed by atoms with van der Waals surface area (Å²) >= 11 is 0. The van der Waals surface area contributed by atoms with Gasteiger partial charge in [-0.25, -0.2) is 9.59 Å². The van der Waals surface area contributed by atoms with Crippen LogP contribution in [0.1, 0.15) is 23.2 Å². The van der Waals surface area contributed by atoms with Crippen molar-refractivity contribution in [1.29, 1.82) is 0 Å². The standard InChI is InChI=1S/C16H21N3O3/c1-22-15(20)12-3-2-4-14(11-12)18-7-9-19(10-8-18)16(21)17-13-5-6-13/h2-4,11,13H,5-10H2,1H3,(H,17,21). The van der Waals surface area contributed by atoms with Crippen LogP contribution in [0.15, 0.2) is 24.3 Å². The zero-order chi connectivity index (χ0) is 15.5. The molecule has 1 aromatic carbocycles. The van der Waals surface area contributed by atoms with Crippen LogP contribution in [0.2, 0.25) is 0 Å². The number of piperazine rings is 1. The first-order valence-electron chi connectivity index (χ1n) is 7.66. The molecule has 1 N–H and O–H groups in total. The number of methoxy groups -OCH3 is 1. The van der Waals surface area contributed by atoms with Crippen LogP contribution in [0.4, 0.5) is 10.5 Å². The van der Waals surface area contributed by atoms with Crippen LogP contribution < -0.4 is 10.2 Å². The maximum absolute atomic E-state index is 12.0. The van der Waals surface area contributed by atoms with Crippen molar-refractivity contribution in [2.24, 2.45) is 0 Å². The van der Waals surface area contributed by atoms with Gasteiger partial charge < -0.3 is 19.9 Å². The molecule has 1 saturated heterocycles. The van der Waals surface area contributed by atoms with Gasteiger partial charge in [0, 0.05) is 37.9 Å². The maximum atomic E-state index is 12.0. The molecule has 118 valence electrons. The number of ether oxygens (including phenoxy) is 1. The molecule has 0 radical (unpaired) electrons. The van der Waals surface area contributed by atoms with Crippen molar-refractivity contribution in [1.82, 2.24) is 10.2 Å². The molecule has 0 aromatic heterocycles. The number of nitrogens with zero attached hydrogens (tertiary/aromatic N) is 2. The SMILES string of the molecule is COC(=O)c1cccc(N2CCN(C(=O)NC3CC3)CC2)c1. The first-order valence-corrected chi connectivity index (χ1v) is 7.66. The van der Waals surface area contributed by atoms with E-state index in [-0.39, 0.29) is 12.0 Å². The van der Waals surface area contributed by atoms with Gasteiger partial charge in [-0.1, -0.05) is 6.07 Å². The molecule has 3 rings (SSSR count). The second-order valence-corrected chi connectivity index (χ2v) is 5.74. The minimum Gasteiger partial charge on any atom is -0.465 e. The minimum absolute atomic E-state index is 0.0467. The molecule has 0 bridgehead atoms. The third kappa shape index (κ3) is 3.32. The molecule has 1 aliphatic heterocycles. The molecule has 2 aliphatic rings. The van der Waals surface area contributed by atoms with E-state index in [0.717, 1.165) is 31.6 Å². The highest BCUT2D eigenvalue weighted by Crippen LogP contribution is 2.21. The second kappa shape index (κ2) is 6.25. The molecule has 2 amide bonds. The van der Waals surface area contributed by atoms with Crippen LogP contribution in [0.25, 0.3) is 0 Å². The number of hydrogen-bond acceptors (Lipinski definition) is 4. The molecular formula is C16H21N3O3. The summed E-state index contributed by atoms with van der Waals surface area (Å²) in [5.41, 5.74) is 1.54. The van der Waals surface area contributed by atoms with Crippen LogP contribution in [0.3, 0.4) is 0 Å². The lowest BCUT2D eigenvalue weighted by Crippen LogP contribution is -2.52. The van der Waals surface area contributed by atoms with Crippen molar-refractivity contribution in [2.45, 2.75) is 18.9 Å². The van der Waals surface area contributed by atoms with Gasteiger partial charge in [0.1, 0.15) is 0 Å². The molecular weight excluding hydrogens is 282 g/mol. The molecule has 1 heterocycles. The fourth-order valence-corrected chi connectivity index (χ4v) is 2.61. The van der Waals surface area contributed by atoms with E-state index in [2.05, 4.69) is 10.2 Å². The average molecular weight is 303 g/mol. The first kappa shape index (κ1) is 14.7. The summed E-state index contributed by atoms with van der Waals surface area (Å²) in [4.78, 5) is 27.7. The topological polar surface area (TPSA) is 61.9 Å². The Morgan fingerprint density at radius 3 is 2.55 bits per heavy atom. The normalized spacial score (nSPS) is 18.0. The summed E-state index contributed by atoms with van der Waals surface area (Å²) in [5, 5.41) is 3.02. The lowest BCUT2D eigenvalue weighted by Gasteiger charge is -2.36. The Morgan fingerprint density at radius 2 is 1.91 bits per heavy atom. The molecule has 1 saturated carbocycles. The Labute approximate surface area is 130 Å². The van der Waals surface area contributed by atoms with E-state index in [1.807, 2.05) is 23.1 Å². The molecule has 6 heteroatoms. The Bertz CT molecular complexity index is 564. The van der Waals surface area contributed by atoms with Gasteiger partial charge in [-0.2, -0.15) is 0 Å². The Balaban J connectivity index is 1.58. The second-order valence-electron chi connectivity index (χ2n) is 5.74. The highest BCUT2D eigenvalue weighted by Gasteiger charge is 2.27. The van der Waals surface area contributed by atoms with Crippen LogP contribution in [-0.4, -0.2) is 56.2 Å². The monoisotopic (exact) mass is 303 g/mol. The van der Waals surface area contributed by atoms with E-state index in [9.17, 15) is 9.59 Å². The number of urea groups is 1. The average Bonchev–Trinajstić information content (AvgIpc) is 3.38. The maximum Gasteiger partial charge on any atom is 0.337 e. The molecule has 0 atom stereocenters. The van der Waals surface area contributed by atoms with Gasteiger partial charge in [0.15, 0.2) is 0 Å². The highest BCUT2D eigenvalue weighted by atomic mass is 16.5. The summed E-state index contributed by atoms with van der Waals surface area (Å²) < 4.78 is 4.75. The number of hydrogen-bond donors (Lipinski definition) is 1. The molecule has 6 nitrogen and oxygen atoms in total. The summed E-state index contributed by atoms with van der Waals surface area (Å²) in [6.07, 6.45) is 2.21. The van der Waals surface area contributed by atoms with Gasteiger partial charge >= 0.3 is 12.0 Å². The number of benzene rings is 1. The third-order valence-corrected chi connectivity index (χ3v) is 4.10. The van der Waals surface area contributed by atoms with Crippen LogP contribution in [0, 0.1) is 0 Å². The smallest absolute Gasteiger partial charge is 0.337 e. The predicted molar refractivity (Wildman–Crippen MR) is 83.1 cm³/mol. The first-order chi connectivity index (χ1) is 10.7. The summed E-state index contributed by atoms with van der Waals surface area (Å²) in [7, 11) is 1.38. The van der Waals surface area contributed by atoms with Gasteiger partial charge in [-0.05, 0) is 31.0 Å². The van der Waals surface area contributed by atoms with E-state index < -0.39 is 0 Å². The lowest BCUT2D eigenvalue weighted by atomic mass is 10.1. The van der Waals surface area contributed by atoms with Crippen LogP contribution >= 0.6 is 0 Å². The predicted octanol–water partition coefficient (Wildman–Crippen LogP) is 1.47. The lowest BCUT2D eigenvalue weighted by molar-refractivity contribution is 0.0600. The fraction of sp³-hybridized carbons (Fsp3) is 0.500. The van der Waals surface area contributed by atoms with Crippen molar-refractivity contribution < 1.29 is 14.3 Å². The van der Waals surface area contributed by atoms with E-state index in [1.54, 1.807) is 6.07 Å². The van der Waals surface area contributed by atoms with Gasteiger partial charge in [-0.15, -0.1) is 0 Å². The Morgan fingerprint density at radius 1 is 1.18 bits per heavy atom. The zero-order valence-electron chi connectivity index (χ0n) is 12.7. The van der Waals surface area contributed by atoms with Crippen LogP contribution in [0.5, 0.6) is 0 Å². The van der Waals surface area contributed by atoms with Crippen molar-refractivity contribution >= 4 is 17.7 Å². The van der Waals surface area contributed by atoms with Gasteiger partial charge in [0.05, 0.1) is 12.7 Å². The highest BCUT2D eigenvalue weighted by molar-refractivity contribution is 5.90. The number of esters is 1. The van der Waals surface area contributed by atoms with Crippen molar-refractivity contribution in [3.8, 4) is 0 Å². The zero-order valence-corrected chi connectivity index (χ0v) is 12.7. The summed E-state index contributed by atoms with van der Waals surface area (Å²) in [6, 6.07) is 7.85. The Kier molecular flexibility index (Phi) is 4.18. The van der Waals surface area contributed by atoms with Crippen molar-refractivity contribution in [3.63, 3.8) is 0 Å². The molecule has 1 aliphatic carbocycles. The summed E-state index contributed by atoms with van der Waals surface area (Å²) in [6.45, 7) is 2.92. The largest absolute Gasteiger partial charge is 0.465 e. The molecule has 0 unspecified atom stereocenters. The number of carbonyl (C=O) groups excluding carboxylic acids is 2. The van der Waals surface area contributed by atoms with Gasteiger partial charge in [0.25, 0.3) is 0 Å². The number of carbonyl (C=O) groups is 2. The van der Waals surface area contributed by atoms with E-state index in [0.29, 0.717) is 24.7 Å². The molecule has 1 aromatic rings. The molecule has 2 fully saturated rings. The van der Waals surface area contributed by atoms with Crippen LogP contribution in [-0.2, 0) is 4.74 Å². The fourth-order valence-electron chi connectivity index (χ4n) is 2.61. The quantitative estimate of drug-likeness (QED) is 0.859. The number of anilines is 1. The third-order valence-electron chi connectivity index (χ3n) is 4.10. The Hall–Kier alpha value is -2.24. The van der Waals surface area contributed by atoms with E-state index in [4.69, 9.17) is 4.74 Å². The van der Waals surface area contributed by atoms with E-state index in [1.165, 1.54) is 7.11 Å². The number of amides is 2. The van der Waals surface area contributed by atoms with Gasteiger partial charge in [0.2, 0.25) is 0 Å². The number of rotatable bonds is 3. The van der Waals surface area contributed by atoms with Gasteiger partial charge in [-0.3, -0.25) is 0 Å². The minimum atomic E-state index is -0.329. The molecule has 0 spiro atoms. The summed E-state index contributed by atoms with van der Waals surface area (Å²) in [5.74, 6) is -0.329.